The summed E-state index contributed by atoms with van der Waals surface area (Å²) < 4.78 is 24.6. The van der Waals surface area contributed by atoms with Crippen LogP contribution in [0.3, 0.4) is 0 Å². The normalized spacial score (nSPS) is 11.4. The first-order valence-corrected chi connectivity index (χ1v) is 12.9. The van der Waals surface area contributed by atoms with Crippen LogP contribution in [0.5, 0.6) is 0 Å². The molecule has 6 rings (SSSR count). The summed E-state index contributed by atoms with van der Waals surface area (Å²) in [5, 5.41) is 4.95. The van der Waals surface area contributed by atoms with Gasteiger partial charge in [0, 0.05) is 17.5 Å². The first-order valence-electron chi connectivity index (χ1n) is 11.4. The van der Waals surface area contributed by atoms with Crippen LogP contribution < -0.4 is 0 Å². The van der Waals surface area contributed by atoms with Crippen LogP contribution in [-0.4, -0.2) is 39.9 Å². The minimum absolute atomic E-state index is 0.275. The van der Waals surface area contributed by atoms with Gasteiger partial charge in [-0.25, -0.2) is 4.79 Å². The number of nitrogens with zero attached hydrogens (tertiary/aromatic N) is 6. The molecule has 0 bridgehead atoms. The molecular weight excluding hydrogens is 492 g/mol. The molecule has 3 aromatic carbocycles. The molecule has 0 saturated heterocycles. The van der Waals surface area contributed by atoms with Crippen LogP contribution in [0.4, 0.5) is 0 Å². The molecule has 8 nitrogen and oxygen atoms in total. The lowest BCUT2D eigenvalue weighted by Crippen LogP contribution is -2.16. The van der Waals surface area contributed by atoms with Crippen molar-refractivity contribution in [1.82, 2.24) is 27.3 Å². The first kappa shape index (κ1) is 22.4. The smallest absolute Gasteiger partial charge is 0.356 e. The number of hydrogen-bond donors (Lipinski definition) is 0. The molecule has 3 aromatic heterocycles. The summed E-state index contributed by atoms with van der Waals surface area (Å²) in [6.45, 7) is 2.48. The molecule has 0 aliphatic heterocycles. The SMILES string of the molecule is CCOC(=O)c1c(Cc2ccc3nsnc3c2)c(-c2ccccc2)nn1Cc1ccc2nsnc2c1. The van der Waals surface area contributed by atoms with E-state index in [1.165, 1.54) is 23.5 Å². The summed E-state index contributed by atoms with van der Waals surface area (Å²) in [5.41, 5.74) is 8.34. The quantitative estimate of drug-likeness (QED) is 0.265. The van der Waals surface area contributed by atoms with E-state index in [1.807, 2.05) is 73.7 Å². The highest BCUT2D eigenvalue weighted by Crippen LogP contribution is 2.30. The molecule has 36 heavy (non-hydrogen) atoms. The lowest BCUT2D eigenvalue weighted by molar-refractivity contribution is 0.0511. The molecule has 3 heterocycles. The van der Waals surface area contributed by atoms with E-state index in [2.05, 4.69) is 17.5 Å². The van der Waals surface area contributed by atoms with Gasteiger partial charge in [-0.2, -0.15) is 22.6 Å². The van der Waals surface area contributed by atoms with Crippen molar-refractivity contribution < 1.29 is 9.53 Å². The highest BCUT2D eigenvalue weighted by Gasteiger charge is 2.26. The molecule has 6 aromatic rings. The molecule has 0 N–H and O–H groups in total. The zero-order chi connectivity index (χ0) is 24.5. The topological polar surface area (TPSA) is 95.7 Å². The van der Waals surface area contributed by atoms with Gasteiger partial charge in [-0.05, 0) is 42.3 Å². The third-order valence-corrected chi connectivity index (χ3v) is 7.03. The van der Waals surface area contributed by atoms with Crippen molar-refractivity contribution in [1.29, 1.82) is 0 Å². The van der Waals surface area contributed by atoms with Gasteiger partial charge in [-0.3, -0.25) is 4.68 Å². The molecular formula is C26H20N6O2S2. The summed E-state index contributed by atoms with van der Waals surface area (Å²) >= 11 is 2.37. The van der Waals surface area contributed by atoms with Crippen LogP contribution in [0.2, 0.25) is 0 Å². The van der Waals surface area contributed by atoms with Crippen molar-refractivity contribution in [2.75, 3.05) is 6.61 Å². The van der Waals surface area contributed by atoms with Gasteiger partial charge in [0.2, 0.25) is 0 Å². The predicted octanol–water partition coefficient (Wildman–Crippen LogP) is 5.38. The number of carbonyl (C=O) groups excluding carboxylic acids is 1. The van der Waals surface area contributed by atoms with Gasteiger partial charge in [-0.15, -0.1) is 0 Å². The second-order valence-electron chi connectivity index (χ2n) is 8.27. The van der Waals surface area contributed by atoms with Gasteiger partial charge in [0.05, 0.1) is 42.3 Å². The lowest BCUT2D eigenvalue weighted by Gasteiger charge is -2.10. The van der Waals surface area contributed by atoms with Gasteiger partial charge < -0.3 is 4.74 Å². The number of carbonyl (C=O) groups is 1. The summed E-state index contributed by atoms with van der Waals surface area (Å²) in [7, 11) is 0. The number of esters is 1. The molecule has 0 unspecified atom stereocenters. The van der Waals surface area contributed by atoms with E-state index in [0.717, 1.165) is 50.0 Å². The first-order chi connectivity index (χ1) is 17.7. The third kappa shape index (κ3) is 4.25. The van der Waals surface area contributed by atoms with Crippen LogP contribution in [0.15, 0.2) is 66.7 Å². The Labute approximate surface area is 214 Å². The summed E-state index contributed by atoms with van der Waals surface area (Å²) in [6.07, 6.45) is 0.501. The third-order valence-electron chi connectivity index (χ3n) is 5.92. The number of fused-ring (bicyclic) bond motifs is 2. The minimum atomic E-state index is -0.394. The van der Waals surface area contributed by atoms with E-state index in [9.17, 15) is 4.79 Å². The average Bonchev–Trinajstić information content (AvgIpc) is 3.63. The van der Waals surface area contributed by atoms with E-state index in [0.29, 0.717) is 18.7 Å². The van der Waals surface area contributed by atoms with Gasteiger partial charge in [-0.1, -0.05) is 42.5 Å². The zero-order valence-corrected chi connectivity index (χ0v) is 20.9. The zero-order valence-electron chi connectivity index (χ0n) is 19.3. The van der Waals surface area contributed by atoms with Gasteiger partial charge >= 0.3 is 5.97 Å². The molecule has 0 saturated carbocycles. The Morgan fingerprint density at radius 2 is 1.47 bits per heavy atom. The Morgan fingerprint density at radius 1 is 0.833 bits per heavy atom. The maximum Gasteiger partial charge on any atom is 0.356 e. The fourth-order valence-corrected chi connectivity index (χ4v) is 5.31. The summed E-state index contributed by atoms with van der Waals surface area (Å²) in [6, 6.07) is 21.8. The maximum atomic E-state index is 13.3. The van der Waals surface area contributed by atoms with E-state index in [4.69, 9.17) is 9.84 Å². The standard InChI is InChI=1S/C26H20N6O2S2/c1-2-34-26(33)25-19(12-16-8-10-20-22(13-16)30-35-28-20)24(18-6-4-3-5-7-18)27-32(25)15-17-9-11-21-23(14-17)31-36-29-21/h3-11,13-14H,2,12,15H2,1H3. The molecule has 0 aliphatic carbocycles. The molecule has 0 fully saturated rings. The largest absolute Gasteiger partial charge is 0.461 e. The molecule has 0 amide bonds. The van der Waals surface area contributed by atoms with Gasteiger partial charge in [0.25, 0.3) is 0 Å². The van der Waals surface area contributed by atoms with Crippen LogP contribution in [0.1, 0.15) is 34.1 Å². The molecule has 0 atom stereocenters. The fourth-order valence-electron chi connectivity index (χ4n) is 4.28. The summed E-state index contributed by atoms with van der Waals surface area (Å²) in [4.78, 5) is 13.3. The lowest BCUT2D eigenvalue weighted by atomic mass is 9.98. The van der Waals surface area contributed by atoms with Gasteiger partial charge in [0.15, 0.2) is 5.69 Å². The monoisotopic (exact) mass is 512 g/mol. The summed E-state index contributed by atoms with van der Waals surface area (Å²) in [5.74, 6) is -0.394. The highest BCUT2D eigenvalue weighted by molar-refractivity contribution is 7.00. The Balaban J connectivity index is 1.50. The second kappa shape index (κ2) is 9.56. The number of rotatable bonds is 7. The Hall–Kier alpha value is -4.02. The van der Waals surface area contributed by atoms with Crippen molar-refractivity contribution in [2.45, 2.75) is 19.9 Å². The molecule has 0 spiro atoms. The molecule has 0 radical (unpaired) electrons. The Bertz CT molecular complexity index is 1690. The van der Waals surface area contributed by atoms with Gasteiger partial charge in [0.1, 0.15) is 22.1 Å². The number of hydrogen-bond acceptors (Lipinski definition) is 9. The van der Waals surface area contributed by atoms with E-state index < -0.39 is 5.97 Å². The van der Waals surface area contributed by atoms with E-state index in [1.54, 1.807) is 4.68 Å². The number of ether oxygens (including phenoxy) is 1. The molecule has 10 heteroatoms. The van der Waals surface area contributed by atoms with Crippen LogP contribution in [0.25, 0.3) is 33.3 Å². The van der Waals surface area contributed by atoms with Crippen LogP contribution >= 0.6 is 23.5 Å². The fraction of sp³-hybridized carbons (Fsp3) is 0.154. The maximum absolute atomic E-state index is 13.3. The minimum Gasteiger partial charge on any atom is -0.461 e. The van der Waals surface area contributed by atoms with E-state index >= 15 is 0 Å². The number of aromatic nitrogens is 6. The molecule has 0 aliphatic rings. The average molecular weight is 513 g/mol. The van der Waals surface area contributed by atoms with Crippen LogP contribution in [0, 0.1) is 0 Å². The van der Waals surface area contributed by atoms with Crippen molar-refractivity contribution >= 4 is 51.5 Å². The highest BCUT2D eigenvalue weighted by atomic mass is 32.1. The van der Waals surface area contributed by atoms with Crippen molar-refractivity contribution in [3.63, 3.8) is 0 Å². The Kier molecular flexibility index (Phi) is 5.96. The number of benzene rings is 3. The van der Waals surface area contributed by atoms with Crippen molar-refractivity contribution in [3.8, 4) is 11.3 Å². The predicted molar refractivity (Wildman–Crippen MR) is 140 cm³/mol. The van der Waals surface area contributed by atoms with Crippen molar-refractivity contribution in [2.24, 2.45) is 0 Å². The Morgan fingerprint density at radius 3 is 2.17 bits per heavy atom. The van der Waals surface area contributed by atoms with Crippen molar-refractivity contribution in [3.05, 3.63) is 89.1 Å². The van der Waals surface area contributed by atoms with E-state index in [-0.39, 0.29) is 6.61 Å². The van der Waals surface area contributed by atoms with Crippen LogP contribution in [-0.2, 0) is 17.7 Å². The molecule has 178 valence electrons. The second-order valence-corrected chi connectivity index (χ2v) is 9.33.